The Kier molecular flexibility index (Phi) is 5.57. The van der Waals surface area contributed by atoms with Crippen molar-refractivity contribution in [2.75, 3.05) is 0 Å². The number of nitro benzene ring substituents is 2. The van der Waals surface area contributed by atoms with Gasteiger partial charge in [-0.3, -0.25) is 20.2 Å². The van der Waals surface area contributed by atoms with E-state index in [4.69, 9.17) is 22.3 Å². The van der Waals surface area contributed by atoms with Gasteiger partial charge in [-0.25, -0.2) is 8.42 Å². The number of aromatic hydroxyl groups is 1. The highest BCUT2D eigenvalue weighted by Crippen LogP contribution is 2.41. The van der Waals surface area contributed by atoms with Crippen molar-refractivity contribution in [1.82, 2.24) is 0 Å². The van der Waals surface area contributed by atoms with Gasteiger partial charge in [0.2, 0.25) is 0 Å². The molecule has 11 nitrogen and oxygen atoms in total. The molecule has 0 fully saturated rings. The van der Waals surface area contributed by atoms with Gasteiger partial charge in [-0.2, -0.15) is 0 Å². The third-order valence-corrected chi connectivity index (χ3v) is 5.56. The lowest BCUT2D eigenvalue weighted by molar-refractivity contribution is -0.393. The molecule has 0 amide bonds. The van der Waals surface area contributed by atoms with Crippen LogP contribution < -0.4 is 0 Å². The number of phenolic OH excluding ortho intramolecular Hbond substituents is 1. The lowest BCUT2D eigenvalue weighted by atomic mass is 10.1. The van der Waals surface area contributed by atoms with Crippen LogP contribution in [-0.4, -0.2) is 23.4 Å². The van der Waals surface area contributed by atoms with E-state index in [1.165, 1.54) is 24.3 Å². The Labute approximate surface area is 176 Å². The number of phenols is 1. The van der Waals surface area contributed by atoms with Gasteiger partial charge in [0, 0.05) is 27.5 Å². The first kappa shape index (κ1) is 21.4. The number of fused-ring (bicyclic) bond motifs is 1. The molecule has 0 unspecified atom stereocenters. The molecule has 30 heavy (non-hydrogen) atoms. The van der Waals surface area contributed by atoms with E-state index in [9.17, 15) is 33.8 Å². The average molecular weight is 471 g/mol. The molecule has 0 atom stereocenters. The van der Waals surface area contributed by atoms with E-state index in [-0.39, 0.29) is 32.1 Å². The van der Waals surface area contributed by atoms with Gasteiger partial charge in [0.1, 0.15) is 5.75 Å². The van der Waals surface area contributed by atoms with Crippen LogP contribution in [0.2, 0.25) is 5.02 Å². The summed E-state index contributed by atoms with van der Waals surface area (Å²) in [4.78, 5) is 20.2. The van der Waals surface area contributed by atoms with Gasteiger partial charge in [0.15, 0.2) is 5.69 Å². The molecule has 0 spiro atoms. The molecule has 0 aliphatic rings. The smallest absolute Gasteiger partial charge is 0.305 e. The monoisotopic (exact) mass is 470 g/mol. The molecule has 3 rings (SSSR count). The first-order valence-electron chi connectivity index (χ1n) is 7.73. The van der Waals surface area contributed by atoms with E-state index < -0.39 is 36.0 Å². The Morgan fingerprint density at radius 3 is 2.23 bits per heavy atom. The molecule has 0 saturated carbocycles. The number of halogens is 2. The zero-order chi connectivity index (χ0) is 22.2. The number of hydrogen-bond acceptors (Lipinski definition) is 9. The first-order chi connectivity index (χ1) is 14.0. The maximum atomic E-state index is 11.6. The predicted molar refractivity (Wildman–Crippen MR) is 108 cm³/mol. The van der Waals surface area contributed by atoms with E-state index in [1.54, 1.807) is 0 Å². The van der Waals surface area contributed by atoms with Crippen LogP contribution >= 0.6 is 22.3 Å². The van der Waals surface area contributed by atoms with Crippen molar-refractivity contribution in [1.29, 1.82) is 0 Å². The number of rotatable bonds is 5. The van der Waals surface area contributed by atoms with Crippen molar-refractivity contribution in [3.8, 4) is 5.75 Å². The molecule has 14 heteroatoms. The van der Waals surface area contributed by atoms with Crippen molar-refractivity contribution in [3.63, 3.8) is 0 Å². The van der Waals surface area contributed by atoms with Gasteiger partial charge in [0.05, 0.1) is 31.5 Å². The average Bonchev–Trinajstić information content (AvgIpc) is 2.66. The lowest BCUT2D eigenvalue weighted by Gasteiger charge is -2.06. The van der Waals surface area contributed by atoms with Crippen LogP contribution in [0.4, 0.5) is 22.7 Å². The largest absolute Gasteiger partial charge is 0.507 e. The molecular weight excluding hydrogens is 463 g/mol. The molecular formula is C16H8Cl2N4O7S. The van der Waals surface area contributed by atoms with Crippen molar-refractivity contribution in [3.05, 3.63) is 67.7 Å². The number of nitrogens with zero attached hydrogens (tertiary/aromatic N) is 4. The standard InChI is InChI=1S/C16H8Cl2N4O7S/c17-12-5-8(21(24)25)6-14(22(26)27)16(12)20-19-13-3-4-15(23)10-2-1-9(7-11(10)13)30(18,28)29/h1-7,23H. The van der Waals surface area contributed by atoms with Crippen LogP contribution in [0.5, 0.6) is 5.75 Å². The van der Waals surface area contributed by atoms with Crippen LogP contribution in [0.1, 0.15) is 0 Å². The summed E-state index contributed by atoms with van der Waals surface area (Å²) < 4.78 is 23.2. The quantitative estimate of drug-likeness (QED) is 0.226. The van der Waals surface area contributed by atoms with E-state index in [2.05, 4.69) is 10.2 Å². The zero-order valence-electron chi connectivity index (χ0n) is 14.4. The molecule has 0 aromatic heterocycles. The minimum Gasteiger partial charge on any atom is -0.507 e. The fraction of sp³-hybridized carbons (Fsp3) is 0. The summed E-state index contributed by atoms with van der Waals surface area (Å²) in [5, 5.41) is 39.7. The van der Waals surface area contributed by atoms with Crippen LogP contribution in [0.25, 0.3) is 10.8 Å². The molecule has 0 aliphatic heterocycles. The number of azo groups is 1. The highest BCUT2D eigenvalue weighted by molar-refractivity contribution is 8.13. The molecule has 0 heterocycles. The van der Waals surface area contributed by atoms with Crippen molar-refractivity contribution in [2.24, 2.45) is 10.2 Å². The summed E-state index contributed by atoms with van der Waals surface area (Å²) in [6, 6.07) is 7.76. The van der Waals surface area contributed by atoms with E-state index in [1.807, 2.05) is 0 Å². The van der Waals surface area contributed by atoms with Crippen LogP contribution in [0.15, 0.2) is 57.6 Å². The van der Waals surface area contributed by atoms with E-state index in [0.717, 1.165) is 12.1 Å². The van der Waals surface area contributed by atoms with Gasteiger partial charge in [-0.05, 0) is 30.3 Å². The summed E-state index contributed by atoms with van der Waals surface area (Å²) in [6.07, 6.45) is 0. The van der Waals surface area contributed by atoms with Crippen LogP contribution in [0, 0.1) is 20.2 Å². The molecule has 1 N–H and O–H groups in total. The summed E-state index contributed by atoms with van der Waals surface area (Å²) in [5.41, 5.74) is -1.74. The van der Waals surface area contributed by atoms with Crippen LogP contribution in [-0.2, 0) is 9.05 Å². The molecule has 154 valence electrons. The fourth-order valence-corrected chi connectivity index (χ4v) is 3.58. The normalized spacial score (nSPS) is 11.8. The topological polar surface area (TPSA) is 165 Å². The van der Waals surface area contributed by atoms with Gasteiger partial charge in [0.25, 0.3) is 14.7 Å². The Bertz CT molecular complexity index is 1360. The van der Waals surface area contributed by atoms with Gasteiger partial charge in [-0.15, -0.1) is 10.2 Å². The third kappa shape index (κ3) is 4.15. The first-order valence-corrected chi connectivity index (χ1v) is 10.4. The molecule has 3 aromatic carbocycles. The van der Waals surface area contributed by atoms with Gasteiger partial charge >= 0.3 is 5.69 Å². The summed E-state index contributed by atoms with van der Waals surface area (Å²) >= 11 is 5.92. The Morgan fingerprint density at radius 1 is 0.933 bits per heavy atom. The Balaban J connectivity index is 2.21. The second kappa shape index (κ2) is 7.82. The molecule has 0 aliphatic carbocycles. The van der Waals surface area contributed by atoms with E-state index in [0.29, 0.717) is 6.07 Å². The second-order valence-corrected chi connectivity index (χ2v) is 8.73. The van der Waals surface area contributed by atoms with Crippen molar-refractivity contribution >= 4 is 64.9 Å². The molecule has 0 radical (unpaired) electrons. The van der Waals surface area contributed by atoms with Crippen molar-refractivity contribution in [2.45, 2.75) is 4.90 Å². The molecule has 0 bridgehead atoms. The fourth-order valence-electron chi connectivity index (χ4n) is 2.55. The maximum Gasteiger partial charge on any atom is 0.305 e. The van der Waals surface area contributed by atoms with Gasteiger partial charge in [-0.1, -0.05) is 11.6 Å². The third-order valence-electron chi connectivity index (χ3n) is 3.92. The predicted octanol–water partition coefficient (Wildman–Crippen LogP) is 5.36. The maximum absolute atomic E-state index is 11.6. The molecule has 3 aromatic rings. The zero-order valence-corrected chi connectivity index (χ0v) is 16.7. The lowest BCUT2D eigenvalue weighted by Crippen LogP contribution is -1.93. The Hall–Kier alpha value is -3.35. The van der Waals surface area contributed by atoms with Crippen molar-refractivity contribution < 1.29 is 23.4 Å². The highest BCUT2D eigenvalue weighted by Gasteiger charge is 2.24. The summed E-state index contributed by atoms with van der Waals surface area (Å²) in [6.45, 7) is 0. The summed E-state index contributed by atoms with van der Waals surface area (Å²) in [5.74, 6) is -0.179. The minimum atomic E-state index is -4.08. The van der Waals surface area contributed by atoms with Crippen LogP contribution in [0.3, 0.4) is 0 Å². The number of nitro groups is 2. The minimum absolute atomic E-state index is 0.0358. The second-order valence-electron chi connectivity index (χ2n) is 5.76. The summed E-state index contributed by atoms with van der Waals surface area (Å²) in [7, 11) is 1.26. The Morgan fingerprint density at radius 2 is 1.63 bits per heavy atom. The SMILES string of the molecule is O=[N+]([O-])c1cc(Cl)c(N=Nc2ccc(O)c3ccc(S(=O)(=O)Cl)cc23)c([N+](=O)[O-])c1. The number of benzene rings is 3. The van der Waals surface area contributed by atoms with Gasteiger partial charge < -0.3 is 5.11 Å². The number of hydrogen-bond donors (Lipinski definition) is 1. The molecule has 0 saturated heterocycles. The number of non-ortho nitro benzene ring substituents is 1. The van der Waals surface area contributed by atoms with E-state index >= 15 is 0 Å². The highest BCUT2D eigenvalue weighted by atomic mass is 35.7.